The first kappa shape index (κ1) is 11.4. The number of aromatic hydroxyl groups is 1. The lowest BCUT2D eigenvalue weighted by molar-refractivity contribution is -0.208. The zero-order chi connectivity index (χ0) is 12.9. The van der Waals surface area contributed by atoms with Crippen molar-refractivity contribution in [2.45, 2.75) is 25.2 Å². The van der Waals surface area contributed by atoms with E-state index in [1.165, 1.54) is 0 Å². The number of fused-ring (bicyclic) bond motifs is 1. The largest absolute Gasteiger partial charge is 0.499 e. The number of alkyl halides is 1. The summed E-state index contributed by atoms with van der Waals surface area (Å²) in [6.07, 6.45) is -0.340. The Morgan fingerprint density at radius 1 is 1.56 bits per heavy atom. The van der Waals surface area contributed by atoms with E-state index in [-0.39, 0.29) is 24.4 Å². The summed E-state index contributed by atoms with van der Waals surface area (Å²) in [6, 6.07) is 0. The van der Waals surface area contributed by atoms with Crippen LogP contribution in [0.25, 0.3) is 0 Å². The average Bonchev–Trinajstić information content (AvgIpc) is 2.88. The molecule has 0 aromatic carbocycles. The summed E-state index contributed by atoms with van der Waals surface area (Å²) in [7, 11) is 0. The van der Waals surface area contributed by atoms with Crippen molar-refractivity contribution >= 4 is 23.2 Å². The second-order valence-corrected chi connectivity index (χ2v) is 5.01. The Labute approximate surface area is 105 Å². The van der Waals surface area contributed by atoms with Gasteiger partial charge in [0, 0.05) is 18.2 Å². The number of hydrogen-bond donors (Lipinski definition) is 2. The Hall–Kier alpha value is -1.67. The molecule has 0 unspecified atom stereocenters. The van der Waals surface area contributed by atoms with Crippen molar-refractivity contribution in [1.82, 2.24) is 10.4 Å². The van der Waals surface area contributed by atoms with E-state index in [4.69, 9.17) is 4.84 Å². The number of rotatable bonds is 1. The van der Waals surface area contributed by atoms with Crippen molar-refractivity contribution in [3.63, 3.8) is 0 Å². The van der Waals surface area contributed by atoms with E-state index in [9.17, 15) is 19.1 Å². The molecule has 2 N–H and O–H groups in total. The number of hydrogen-bond acceptors (Lipinski definition) is 6. The highest BCUT2D eigenvalue weighted by Crippen LogP contribution is 2.44. The molecule has 1 atom stereocenters. The number of carbonyl (C=O) groups is 2. The minimum absolute atomic E-state index is 0.0250. The second-order valence-electron chi connectivity index (χ2n) is 4.15. The zero-order valence-corrected chi connectivity index (χ0v) is 9.92. The molecule has 1 aromatic heterocycles. The predicted octanol–water partition coefficient (Wildman–Crippen LogP) is 0.666. The zero-order valence-electron chi connectivity index (χ0n) is 9.10. The molecule has 0 bridgehead atoms. The van der Waals surface area contributed by atoms with Crippen LogP contribution in [0.5, 0.6) is 10.8 Å². The molecule has 6 nitrogen and oxygen atoms in total. The maximum Gasteiger partial charge on any atom is 0.282 e. The third-order valence-electron chi connectivity index (χ3n) is 3.02. The van der Waals surface area contributed by atoms with Gasteiger partial charge >= 0.3 is 0 Å². The molecule has 2 aliphatic rings. The third-order valence-corrected chi connectivity index (χ3v) is 3.82. The molecular weight excluding hydrogens is 263 g/mol. The highest BCUT2D eigenvalue weighted by atomic mass is 32.1. The highest BCUT2D eigenvalue weighted by Gasteiger charge is 2.52. The number of thiophene rings is 1. The fourth-order valence-electron chi connectivity index (χ4n) is 1.99. The van der Waals surface area contributed by atoms with Crippen molar-refractivity contribution < 1.29 is 23.9 Å². The first-order chi connectivity index (χ1) is 8.50. The molecule has 3 heterocycles. The van der Waals surface area contributed by atoms with Gasteiger partial charge in [0.05, 0.1) is 12.1 Å². The Morgan fingerprint density at radius 2 is 2.33 bits per heavy atom. The van der Waals surface area contributed by atoms with E-state index >= 15 is 0 Å². The molecular formula is C10H9FN2O4S. The Kier molecular flexibility index (Phi) is 2.32. The van der Waals surface area contributed by atoms with Gasteiger partial charge in [-0.3, -0.25) is 14.9 Å². The van der Waals surface area contributed by atoms with Crippen molar-refractivity contribution in [3.8, 4) is 10.8 Å². The molecule has 0 saturated carbocycles. The minimum atomic E-state index is -2.38. The maximum atomic E-state index is 14.6. The summed E-state index contributed by atoms with van der Waals surface area (Å²) in [5, 5.41) is 13.9. The van der Waals surface area contributed by atoms with Gasteiger partial charge in [-0.1, -0.05) is 5.06 Å². The predicted molar refractivity (Wildman–Crippen MR) is 58.4 cm³/mol. The van der Waals surface area contributed by atoms with Crippen molar-refractivity contribution in [2.75, 3.05) is 0 Å². The minimum Gasteiger partial charge on any atom is -0.499 e. The Bertz CT molecular complexity index is 546. The Morgan fingerprint density at radius 3 is 3.00 bits per heavy atom. The number of nitrogens with zero attached hydrogens (tertiary/aromatic N) is 1. The first-order valence-corrected chi connectivity index (χ1v) is 6.17. The molecule has 96 valence electrons. The monoisotopic (exact) mass is 272 g/mol. The number of imide groups is 1. The van der Waals surface area contributed by atoms with Crippen LogP contribution in [0.1, 0.15) is 18.4 Å². The van der Waals surface area contributed by atoms with Gasteiger partial charge in [0.2, 0.25) is 5.91 Å². The quantitative estimate of drug-likeness (QED) is 0.580. The third kappa shape index (κ3) is 1.49. The smallest absolute Gasteiger partial charge is 0.282 e. The standard InChI is InChI=1S/C10H9FN2O4S/c11-10(2-1-7(14)12-9(10)16)13-3-5-6(17-13)4-18-8(5)15/h4,15H,1-3H2,(H,12,14,16)/t10-/m1/s1. The van der Waals surface area contributed by atoms with Crippen LogP contribution in [0, 0.1) is 0 Å². The van der Waals surface area contributed by atoms with Gasteiger partial charge in [-0.25, -0.2) is 4.39 Å². The SMILES string of the molecule is O=C1CC[C@@](F)(N2Cc3c(csc3O)O2)C(=O)N1. The lowest BCUT2D eigenvalue weighted by atomic mass is 10.0. The maximum absolute atomic E-state index is 14.6. The molecule has 2 aliphatic heterocycles. The molecule has 2 amide bonds. The normalized spacial score (nSPS) is 27.8. The van der Waals surface area contributed by atoms with E-state index in [1.54, 1.807) is 5.38 Å². The van der Waals surface area contributed by atoms with Gasteiger partial charge in [0.25, 0.3) is 11.7 Å². The molecule has 18 heavy (non-hydrogen) atoms. The van der Waals surface area contributed by atoms with Crippen molar-refractivity contribution in [1.29, 1.82) is 0 Å². The average molecular weight is 272 g/mol. The fourth-order valence-corrected chi connectivity index (χ4v) is 2.70. The number of amides is 2. The van der Waals surface area contributed by atoms with Crippen LogP contribution >= 0.6 is 11.3 Å². The van der Waals surface area contributed by atoms with Crippen LogP contribution in [-0.2, 0) is 16.1 Å². The van der Waals surface area contributed by atoms with Crippen LogP contribution < -0.4 is 10.2 Å². The van der Waals surface area contributed by atoms with E-state index in [0.717, 1.165) is 16.4 Å². The summed E-state index contributed by atoms with van der Waals surface area (Å²) < 4.78 is 14.6. The number of nitrogens with one attached hydrogen (secondary N) is 1. The summed E-state index contributed by atoms with van der Waals surface area (Å²) >= 11 is 1.08. The van der Waals surface area contributed by atoms with E-state index in [0.29, 0.717) is 11.3 Å². The molecule has 3 rings (SSSR count). The molecule has 0 aliphatic carbocycles. The van der Waals surface area contributed by atoms with Crippen LogP contribution in [0.2, 0.25) is 0 Å². The van der Waals surface area contributed by atoms with Gasteiger partial charge in [-0.2, -0.15) is 0 Å². The number of piperidine rings is 1. The lowest BCUT2D eigenvalue weighted by Gasteiger charge is -2.33. The second kappa shape index (κ2) is 3.66. The molecule has 1 saturated heterocycles. The molecule has 0 radical (unpaired) electrons. The van der Waals surface area contributed by atoms with Gasteiger partial charge in [-0.05, 0) is 0 Å². The van der Waals surface area contributed by atoms with Crippen LogP contribution in [0.3, 0.4) is 0 Å². The summed E-state index contributed by atoms with van der Waals surface area (Å²) in [5.74, 6) is -3.55. The van der Waals surface area contributed by atoms with Crippen molar-refractivity contribution in [3.05, 3.63) is 10.9 Å². The molecule has 1 fully saturated rings. The van der Waals surface area contributed by atoms with E-state index < -0.39 is 17.6 Å². The van der Waals surface area contributed by atoms with Crippen LogP contribution in [0.15, 0.2) is 5.38 Å². The molecule has 0 spiro atoms. The first-order valence-electron chi connectivity index (χ1n) is 5.29. The van der Waals surface area contributed by atoms with E-state index in [2.05, 4.69) is 0 Å². The summed E-state index contributed by atoms with van der Waals surface area (Å²) in [6.45, 7) is -0.0250. The Balaban J connectivity index is 1.85. The number of hydroxylamine groups is 2. The lowest BCUT2D eigenvalue weighted by Crippen LogP contribution is -2.60. The topological polar surface area (TPSA) is 78.9 Å². The van der Waals surface area contributed by atoms with Gasteiger partial charge < -0.3 is 9.94 Å². The number of halogens is 1. The highest BCUT2D eigenvalue weighted by molar-refractivity contribution is 7.12. The molecule has 1 aromatic rings. The molecule has 8 heteroatoms. The van der Waals surface area contributed by atoms with Gasteiger partial charge in [-0.15, -0.1) is 11.3 Å². The summed E-state index contributed by atoms with van der Waals surface area (Å²) in [4.78, 5) is 27.8. The van der Waals surface area contributed by atoms with Crippen molar-refractivity contribution in [2.24, 2.45) is 0 Å². The van der Waals surface area contributed by atoms with Gasteiger partial charge in [0.15, 0.2) is 10.8 Å². The van der Waals surface area contributed by atoms with Gasteiger partial charge in [0.1, 0.15) is 0 Å². The van der Waals surface area contributed by atoms with Crippen LogP contribution in [0.4, 0.5) is 4.39 Å². The summed E-state index contributed by atoms with van der Waals surface area (Å²) in [5.41, 5.74) is 0.460. The fraction of sp³-hybridized carbons (Fsp3) is 0.400. The van der Waals surface area contributed by atoms with E-state index in [1.807, 2.05) is 5.32 Å². The number of carbonyl (C=O) groups excluding carboxylic acids is 2. The van der Waals surface area contributed by atoms with Crippen LogP contribution in [-0.4, -0.2) is 27.8 Å².